The number of piperidine rings is 1. The van der Waals surface area contributed by atoms with Crippen LogP contribution in [0.4, 0.5) is 0 Å². The van der Waals surface area contributed by atoms with Gasteiger partial charge in [0.05, 0.1) is 22.1 Å². The predicted octanol–water partition coefficient (Wildman–Crippen LogP) is 8.40. The number of primary amides is 1. The number of amides is 1. The number of fused-ring (bicyclic) bond motifs is 1. The molecule has 2 fully saturated rings. The number of nitrogens with zero attached hydrogens (tertiary/aromatic N) is 3. The number of hydrogen-bond donors (Lipinski definition) is 1. The minimum atomic E-state index is -0.350. The Labute approximate surface area is 259 Å². The first-order valence-electron chi connectivity index (χ1n) is 14.6. The lowest BCUT2D eigenvalue weighted by Gasteiger charge is -2.31. The van der Waals surface area contributed by atoms with Crippen LogP contribution in [0.15, 0.2) is 78.9 Å². The van der Waals surface area contributed by atoms with E-state index in [-0.39, 0.29) is 11.8 Å². The lowest BCUT2D eigenvalue weighted by atomic mass is 9.84. The smallest absolute Gasteiger partial charge is 0.258 e. The van der Waals surface area contributed by atoms with Gasteiger partial charge >= 0.3 is 0 Å². The maximum Gasteiger partial charge on any atom is 0.258 e. The molecule has 0 unspecified atom stereocenters. The molecule has 42 heavy (non-hydrogen) atoms. The first-order valence-corrected chi connectivity index (χ1v) is 16.1. The lowest BCUT2D eigenvalue weighted by molar-refractivity contribution is 0.100. The Bertz CT molecular complexity index is 1690. The molecule has 1 saturated carbocycles. The summed E-state index contributed by atoms with van der Waals surface area (Å²) in [6.07, 6.45) is 4.52. The van der Waals surface area contributed by atoms with Gasteiger partial charge < -0.3 is 5.73 Å². The molecule has 0 radical (unpaired) electrons. The van der Waals surface area contributed by atoms with Gasteiger partial charge in [0.15, 0.2) is 0 Å². The molecular formula is C34H32Cl2N4OS. The van der Waals surface area contributed by atoms with E-state index in [1.54, 1.807) is 0 Å². The quantitative estimate of drug-likeness (QED) is 0.178. The summed E-state index contributed by atoms with van der Waals surface area (Å²) in [7, 11) is 0. The average Bonchev–Trinajstić information content (AvgIpc) is 3.61. The van der Waals surface area contributed by atoms with Crippen LogP contribution in [0.25, 0.3) is 10.9 Å². The monoisotopic (exact) mass is 614 g/mol. The molecule has 1 aliphatic heterocycles. The Morgan fingerprint density at radius 2 is 1.48 bits per heavy atom. The van der Waals surface area contributed by atoms with Crippen molar-refractivity contribution in [2.75, 3.05) is 13.1 Å². The van der Waals surface area contributed by atoms with Gasteiger partial charge in [-0.2, -0.15) is 5.10 Å². The number of thiophene rings is 1. The Morgan fingerprint density at radius 3 is 2.05 bits per heavy atom. The van der Waals surface area contributed by atoms with Gasteiger partial charge in [-0.15, -0.1) is 11.3 Å². The van der Waals surface area contributed by atoms with Gasteiger partial charge in [0.2, 0.25) is 0 Å². The van der Waals surface area contributed by atoms with Crippen molar-refractivity contribution in [2.45, 2.75) is 50.1 Å². The molecule has 214 valence electrons. The van der Waals surface area contributed by atoms with Crippen molar-refractivity contribution in [3.63, 3.8) is 0 Å². The molecule has 1 saturated heterocycles. The Morgan fingerprint density at radius 1 is 0.857 bits per heavy atom. The van der Waals surface area contributed by atoms with Gasteiger partial charge in [0, 0.05) is 38.7 Å². The van der Waals surface area contributed by atoms with Crippen molar-refractivity contribution >= 4 is 51.3 Å². The summed E-state index contributed by atoms with van der Waals surface area (Å²) >= 11 is 14.0. The summed E-state index contributed by atoms with van der Waals surface area (Å²) in [5, 5.41) is 8.03. The third-order valence-corrected chi connectivity index (χ3v) is 10.2. The van der Waals surface area contributed by atoms with Crippen LogP contribution in [0, 0.1) is 0 Å². The van der Waals surface area contributed by atoms with Gasteiger partial charge in [-0.05, 0) is 104 Å². The molecule has 8 heteroatoms. The number of nitrogens with two attached hydrogens (primary N) is 1. The molecule has 7 rings (SSSR count). The third-order valence-electron chi connectivity index (χ3n) is 8.65. The summed E-state index contributed by atoms with van der Waals surface area (Å²) in [6, 6.07) is 27.7. The average molecular weight is 616 g/mol. The molecule has 0 atom stereocenters. The van der Waals surface area contributed by atoms with Crippen molar-refractivity contribution < 1.29 is 4.79 Å². The van der Waals surface area contributed by atoms with Crippen LogP contribution in [-0.4, -0.2) is 33.7 Å². The second-order valence-corrected chi connectivity index (χ2v) is 13.6. The maximum absolute atomic E-state index is 11.5. The molecule has 2 aromatic heterocycles. The van der Waals surface area contributed by atoms with Crippen molar-refractivity contribution in [1.29, 1.82) is 0 Å². The molecule has 2 aliphatic rings. The van der Waals surface area contributed by atoms with Crippen molar-refractivity contribution in [3.8, 4) is 0 Å². The third kappa shape index (κ3) is 5.61. The van der Waals surface area contributed by atoms with Crippen LogP contribution in [0.3, 0.4) is 0 Å². The first-order chi connectivity index (χ1) is 20.4. The topological polar surface area (TPSA) is 64.2 Å². The van der Waals surface area contributed by atoms with Crippen LogP contribution >= 0.6 is 34.5 Å². The minimum absolute atomic E-state index is 0.0546. The van der Waals surface area contributed by atoms with Crippen molar-refractivity contribution in [2.24, 2.45) is 5.73 Å². The highest BCUT2D eigenvalue weighted by molar-refractivity contribution is 7.14. The van der Waals surface area contributed by atoms with E-state index in [9.17, 15) is 4.79 Å². The van der Waals surface area contributed by atoms with Gasteiger partial charge in [-0.3, -0.25) is 14.4 Å². The number of carbonyl (C=O) groups is 1. The van der Waals surface area contributed by atoms with Crippen LogP contribution in [0.2, 0.25) is 10.0 Å². The molecule has 3 aromatic carbocycles. The Balaban J connectivity index is 1.21. The Hall–Kier alpha value is -3.16. The van der Waals surface area contributed by atoms with E-state index in [2.05, 4.69) is 52.0 Å². The van der Waals surface area contributed by atoms with E-state index in [1.807, 2.05) is 36.4 Å². The highest BCUT2D eigenvalue weighted by Gasteiger charge is 2.31. The van der Waals surface area contributed by atoms with E-state index in [0.29, 0.717) is 16.8 Å². The van der Waals surface area contributed by atoms with Gasteiger partial charge in [0.25, 0.3) is 5.91 Å². The van der Waals surface area contributed by atoms with E-state index >= 15 is 0 Å². The summed E-state index contributed by atoms with van der Waals surface area (Å²) in [5.41, 5.74) is 11.6. The molecule has 1 amide bonds. The zero-order chi connectivity index (χ0) is 28.8. The normalized spacial score (nSPS) is 16.5. The largest absolute Gasteiger partial charge is 0.365 e. The van der Waals surface area contributed by atoms with E-state index < -0.39 is 0 Å². The molecule has 3 heterocycles. The zero-order valence-electron chi connectivity index (χ0n) is 23.2. The van der Waals surface area contributed by atoms with Crippen molar-refractivity contribution in [1.82, 2.24) is 14.7 Å². The summed E-state index contributed by atoms with van der Waals surface area (Å²) in [5.74, 6) is 0.115. The second kappa shape index (κ2) is 11.5. The number of hydrogen-bond acceptors (Lipinski definition) is 4. The van der Waals surface area contributed by atoms with Crippen LogP contribution in [0.5, 0.6) is 0 Å². The zero-order valence-corrected chi connectivity index (χ0v) is 25.5. The van der Waals surface area contributed by atoms with Crippen LogP contribution < -0.4 is 5.73 Å². The minimum Gasteiger partial charge on any atom is -0.365 e. The van der Waals surface area contributed by atoms with E-state index in [1.165, 1.54) is 62.3 Å². The number of rotatable bonds is 8. The number of likely N-dealkylation sites (tertiary alicyclic amines) is 1. The molecule has 1 aliphatic carbocycles. The first kappa shape index (κ1) is 27.7. The van der Waals surface area contributed by atoms with Crippen molar-refractivity contribution in [3.05, 3.63) is 121 Å². The molecule has 5 aromatic rings. The number of aromatic nitrogens is 2. The SMILES string of the molecule is NC(=O)c1ccc(CN2CCC(c3nn(C4CC4)c4ccc(C(c5ccc(Cl)cc5)c5ccc(Cl)cc5)cc34)CC2)s1. The molecule has 5 nitrogen and oxygen atoms in total. The lowest BCUT2D eigenvalue weighted by Crippen LogP contribution is -2.32. The molecule has 0 bridgehead atoms. The number of halogens is 2. The van der Waals surface area contributed by atoms with Gasteiger partial charge in [-0.1, -0.05) is 53.5 Å². The van der Waals surface area contributed by atoms with E-state index in [4.69, 9.17) is 34.0 Å². The molecular weight excluding hydrogens is 583 g/mol. The fraction of sp³-hybridized carbons (Fsp3) is 0.294. The number of carbonyl (C=O) groups excluding carboxylic acids is 1. The van der Waals surface area contributed by atoms with Gasteiger partial charge in [-0.25, -0.2) is 0 Å². The maximum atomic E-state index is 11.5. The fourth-order valence-corrected chi connectivity index (χ4v) is 7.48. The summed E-state index contributed by atoms with van der Waals surface area (Å²) in [6.45, 7) is 2.87. The van der Waals surface area contributed by atoms with E-state index in [0.717, 1.165) is 42.5 Å². The summed E-state index contributed by atoms with van der Waals surface area (Å²) < 4.78 is 2.29. The van der Waals surface area contributed by atoms with Gasteiger partial charge in [0.1, 0.15) is 0 Å². The highest BCUT2D eigenvalue weighted by Crippen LogP contribution is 2.42. The second-order valence-electron chi connectivity index (χ2n) is 11.6. The molecule has 2 N–H and O–H groups in total. The fourth-order valence-electron chi connectivity index (χ4n) is 6.33. The Kier molecular flexibility index (Phi) is 7.57. The van der Waals surface area contributed by atoms with Crippen LogP contribution in [-0.2, 0) is 6.54 Å². The standard InChI is InChI=1S/C34H32Cl2N4OS/c35-25-6-1-21(2-7-25)32(22-3-8-26(36)9-4-22)24-5-13-30-29(19-24)33(38-40(30)27-10-11-27)23-15-17-39(18-16-23)20-28-12-14-31(42-28)34(37)41/h1-9,12-14,19,23,27,32H,10-11,15-18,20H2,(H2,37,41). The van der Waals surface area contributed by atoms with Crippen LogP contribution in [0.1, 0.15) is 80.5 Å². The highest BCUT2D eigenvalue weighted by atomic mass is 35.5. The summed E-state index contributed by atoms with van der Waals surface area (Å²) in [4.78, 5) is 15.8. The number of benzene rings is 3. The predicted molar refractivity (Wildman–Crippen MR) is 172 cm³/mol. The molecule has 0 spiro atoms.